The second-order valence-electron chi connectivity index (χ2n) is 7.37. The van der Waals surface area contributed by atoms with Crippen molar-refractivity contribution in [2.24, 2.45) is 0 Å². The molecule has 6 heteroatoms. The van der Waals surface area contributed by atoms with Crippen molar-refractivity contribution in [1.82, 2.24) is 9.97 Å². The van der Waals surface area contributed by atoms with Crippen LogP contribution in [0.25, 0.3) is 11.4 Å². The van der Waals surface area contributed by atoms with Gasteiger partial charge in [0, 0.05) is 12.4 Å². The molecule has 0 aliphatic heterocycles. The number of hydrogen-bond donors (Lipinski definition) is 0. The number of ether oxygens (including phenoxy) is 1. The van der Waals surface area contributed by atoms with Gasteiger partial charge in [0.25, 0.3) is 0 Å². The molecule has 33 heavy (non-hydrogen) atoms. The van der Waals surface area contributed by atoms with Crippen molar-refractivity contribution < 1.29 is 17.9 Å². The van der Waals surface area contributed by atoms with Gasteiger partial charge in [-0.3, -0.25) is 0 Å². The summed E-state index contributed by atoms with van der Waals surface area (Å²) in [5, 5.41) is 0. The van der Waals surface area contributed by atoms with Gasteiger partial charge in [-0.2, -0.15) is 0 Å². The maximum atomic E-state index is 14.6. The van der Waals surface area contributed by atoms with Crippen LogP contribution < -0.4 is 0 Å². The van der Waals surface area contributed by atoms with Gasteiger partial charge in [-0.1, -0.05) is 50.1 Å². The van der Waals surface area contributed by atoms with Crippen molar-refractivity contribution in [3.63, 3.8) is 0 Å². The van der Waals surface area contributed by atoms with Crippen molar-refractivity contribution in [1.29, 1.82) is 0 Å². The Hall–Kier alpha value is -3.67. The van der Waals surface area contributed by atoms with Gasteiger partial charge in [0.2, 0.25) is 0 Å². The highest BCUT2D eigenvalue weighted by molar-refractivity contribution is 5.56. The summed E-state index contributed by atoms with van der Waals surface area (Å²) < 4.78 is 48.1. The number of rotatable bonds is 11. The largest absolute Gasteiger partial charge is 0.491 e. The molecule has 3 nitrogen and oxygen atoms in total. The second-order valence-corrected chi connectivity index (χ2v) is 7.37. The average molecular weight is 453 g/mol. The molecule has 0 bridgehead atoms. The van der Waals surface area contributed by atoms with E-state index in [4.69, 9.17) is 4.74 Å². The number of halogens is 3. The third-order valence-corrected chi connectivity index (χ3v) is 4.72. The lowest BCUT2D eigenvalue weighted by molar-refractivity contribution is 0.226. The first-order valence-electron chi connectivity index (χ1n) is 10.3. The molecule has 1 aromatic heterocycles. The molecule has 172 valence electrons. The Labute approximate surface area is 193 Å². The molecule has 0 atom stereocenters. The van der Waals surface area contributed by atoms with Crippen molar-refractivity contribution in [2.45, 2.75) is 26.7 Å². The first-order chi connectivity index (χ1) is 15.6. The highest BCUT2D eigenvalue weighted by atomic mass is 19.2. The molecule has 0 N–H and O–H groups in total. The molecular formula is C27H27F3N2O. The molecule has 0 saturated carbocycles. The van der Waals surface area contributed by atoms with Crippen LogP contribution in [0.15, 0.2) is 97.4 Å². The van der Waals surface area contributed by atoms with Gasteiger partial charge in [0.15, 0.2) is 23.3 Å². The van der Waals surface area contributed by atoms with E-state index < -0.39 is 17.5 Å². The van der Waals surface area contributed by atoms with E-state index in [-0.39, 0.29) is 29.1 Å². The molecule has 1 heterocycles. The minimum Gasteiger partial charge on any atom is -0.491 e. The third-order valence-electron chi connectivity index (χ3n) is 4.72. The van der Waals surface area contributed by atoms with Crippen molar-refractivity contribution in [2.75, 3.05) is 6.61 Å². The summed E-state index contributed by atoms with van der Waals surface area (Å²) in [6.45, 7) is 18.9. The first-order valence-corrected chi connectivity index (χ1v) is 10.3. The lowest BCUT2D eigenvalue weighted by atomic mass is 10.0. The molecule has 1 aromatic carbocycles. The van der Waals surface area contributed by atoms with Crippen molar-refractivity contribution in [3.05, 3.63) is 120 Å². The van der Waals surface area contributed by atoms with Crippen molar-refractivity contribution >= 4 is 0 Å². The fourth-order valence-corrected chi connectivity index (χ4v) is 2.76. The fraction of sp³-hybridized carbons (Fsp3) is 0.185. The Bertz CT molecular complexity index is 1130. The summed E-state index contributed by atoms with van der Waals surface area (Å²) in [6.07, 6.45) is 8.23. The Kier molecular flexibility index (Phi) is 9.16. The molecule has 0 fully saturated rings. The molecule has 0 amide bonds. The molecule has 0 spiro atoms. The van der Waals surface area contributed by atoms with E-state index in [9.17, 15) is 13.2 Å². The lowest BCUT2D eigenvalue weighted by Gasteiger charge is -2.08. The number of nitrogens with zero attached hydrogens (tertiary/aromatic N) is 2. The monoisotopic (exact) mass is 452 g/mol. The number of aromatic nitrogens is 2. The summed E-state index contributed by atoms with van der Waals surface area (Å²) in [7, 11) is 0. The molecule has 0 saturated heterocycles. The van der Waals surface area contributed by atoms with Gasteiger partial charge in [-0.05, 0) is 61.1 Å². The summed E-state index contributed by atoms with van der Waals surface area (Å²) in [5.41, 5.74) is 2.54. The van der Waals surface area contributed by atoms with Crippen LogP contribution in [0.4, 0.5) is 13.2 Å². The number of allylic oxidation sites excluding steroid dienone is 7. The van der Waals surface area contributed by atoms with E-state index in [2.05, 4.69) is 36.3 Å². The molecule has 0 radical (unpaired) electrons. The van der Waals surface area contributed by atoms with Gasteiger partial charge in [-0.15, -0.1) is 0 Å². The van der Waals surface area contributed by atoms with Crippen LogP contribution in [0.5, 0.6) is 0 Å². The zero-order valence-electron chi connectivity index (χ0n) is 18.9. The van der Waals surface area contributed by atoms with Gasteiger partial charge < -0.3 is 4.74 Å². The van der Waals surface area contributed by atoms with Gasteiger partial charge in [0.05, 0.1) is 12.2 Å². The summed E-state index contributed by atoms with van der Waals surface area (Å²) in [6, 6.07) is 2.99. The molecule has 0 aliphatic rings. The van der Waals surface area contributed by atoms with Crippen LogP contribution in [-0.4, -0.2) is 16.6 Å². The topological polar surface area (TPSA) is 35.0 Å². The van der Waals surface area contributed by atoms with Crippen LogP contribution in [0.1, 0.15) is 24.5 Å². The summed E-state index contributed by atoms with van der Waals surface area (Å²) in [4.78, 5) is 8.10. The van der Waals surface area contributed by atoms with Crippen LogP contribution in [0, 0.1) is 18.6 Å². The summed E-state index contributed by atoms with van der Waals surface area (Å²) in [5.74, 6) is -2.49. The van der Waals surface area contributed by atoms with Gasteiger partial charge in [-0.25, -0.2) is 23.1 Å². The fourth-order valence-electron chi connectivity index (χ4n) is 2.76. The zero-order valence-corrected chi connectivity index (χ0v) is 18.9. The van der Waals surface area contributed by atoms with E-state index in [0.29, 0.717) is 29.7 Å². The molecule has 0 unspecified atom stereocenters. The maximum Gasteiger partial charge on any atom is 0.170 e. The number of benzene rings is 1. The SMILES string of the molecule is C=C(/C=C\C(=C)C(=C)/C=C(/F)C(=C)OCC)CCc1ccc(-c2ncc(C)cn2)c(F)c1F. The predicted molar refractivity (Wildman–Crippen MR) is 127 cm³/mol. The minimum absolute atomic E-state index is 0.0112. The van der Waals surface area contributed by atoms with Gasteiger partial charge in [0.1, 0.15) is 5.76 Å². The quantitative estimate of drug-likeness (QED) is 0.265. The predicted octanol–water partition coefficient (Wildman–Crippen LogP) is 7.29. The molecule has 2 aromatic rings. The maximum absolute atomic E-state index is 14.6. The smallest absolute Gasteiger partial charge is 0.170 e. The standard InChI is InChI=1S/C27H27F3N2O/c1-7-33-21(6)24(28)14-20(5)19(4)10-8-17(2)9-11-22-12-13-23(26(30)25(22)29)27-31-15-18(3)16-32-27/h8,10,12-16H,2,4-7,9,11H2,1,3H3/b10-8-,24-14+. The Morgan fingerprint density at radius 1 is 1.00 bits per heavy atom. The highest BCUT2D eigenvalue weighted by Crippen LogP contribution is 2.25. The molecular weight excluding hydrogens is 425 g/mol. The van der Waals surface area contributed by atoms with Crippen LogP contribution >= 0.6 is 0 Å². The van der Waals surface area contributed by atoms with Crippen LogP contribution in [0.3, 0.4) is 0 Å². The van der Waals surface area contributed by atoms with E-state index in [0.717, 1.165) is 5.56 Å². The van der Waals surface area contributed by atoms with Crippen molar-refractivity contribution in [3.8, 4) is 11.4 Å². The van der Waals surface area contributed by atoms with E-state index >= 15 is 0 Å². The second kappa shape index (κ2) is 11.8. The first kappa shape index (κ1) is 25.6. The Morgan fingerprint density at radius 3 is 2.30 bits per heavy atom. The normalized spacial score (nSPS) is 11.5. The Morgan fingerprint density at radius 2 is 1.67 bits per heavy atom. The zero-order chi connectivity index (χ0) is 24.5. The highest BCUT2D eigenvalue weighted by Gasteiger charge is 2.16. The van der Waals surface area contributed by atoms with Crippen LogP contribution in [0.2, 0.25) is 0 Å². The molecule has 2 rings (SSSR count). The number of hydrogen-bond acceptors (Lipinski definition) is 3. The molecule has 0 aliphatic carbocycles. The summed E-state index contributed by atoms with van der Waals surface area (Å²) >= 11 is 0. The average Bonchev–Trinajstić information content (AvgIpc) is 2.79. The lowest BCUT2D eigenvalue weighted by Crippen LogP contribution is -2.00. The third kappa shape index (κ3) is 7.17. The number of aryl methyl sites for hydroxylation is 2. The Balaban J connectivity index is 1.99. The minimum atomic E-state index is -0.982. The van der Waals surface area contributed by atoms with Gasteiger partial charge >= 0.3 is 0 Å². The van der Waals surface area contributed by atoms with E-state index in [1.807, 2.05) is 6.92 Å². The van der Waals surface area contributed by atoms with Crippen LogP contribution in [-0.2, 0) is 11.2 Å². The van der Waals surface area contributed by atoms with E-state index in [1.165, 1.54) is 18.2 Å². The van der Waals surface area contributed by atoms with E-state index in [1.54, 1.807) is 31.5 Å².